The molecule has 0 atom stereocenters. The van der Waals surface area contributed by atoms with E-state index in [0.29, 0.717) is 9.81 Å². The topological polar surface area (TPSA) is 69.7 Å². The molecule has 2 fully saturated rings. The molecule has 1 N–H and O–H groups in total. The lowest BCUT2D eigenvalue weighted by atomic mass is 10.2. The smallest absolute Gasteiger partial charge is 0.283 e. The van der Waals surface area contributed by atoms with Gasteiger partial charge in [0.05, 0.1) is 9.81 Å². The van der Waals surface area contributed by atoms with Gasteiger partial charge in [-0.25, -0.2) is 0 Å². The van der Waals surface area contributed by atoms with Gasteiger partial charge in [0.15, 0.2) is 4.32 Å². The van der Waals surface area contributed by atoms with E-state index in [-0.39, 0.29) is 21.1 Å². The first-order chi connectivity index (χ1) is 15.8. The molecule has 0 unspecified atom stereocenters. The molecule has 2 aliphatic heterocycles. The fraction of sp³-hybridized carbons (Fsp3) is 0.0455. The van der Waals surface area contributed by atoms with Gasteiger partial charge in [0.25, 0.3) is 17.7 Å². The minimum absolute atomic E-state index is 0.200. The van der Waals surface area contributed by atoms with Crippen molar-refractivity contribution in [2.45, 2.75) is 0 Å². The Morgan fingerprint density at radius 1 is 0.879 bits per heavy atom. The standard InChI is InChI=1S/C22H14BrN3O3S4/c23-15-8-6-14(7-9-15)11-17-20(29)26(22(31)33-17)24-18(27)12-25-19(28)16(32-21(25)30)10-13-4-2-1-3-5-13/h1-11H,12H2,(H,24,27). The monoisotopic (exact) mass is 575 g/mol. The second kappa shape index (κ2) is 10.3. The number of carbonyl (C=O) groups is 3. The molecule has 0 saturated carbocycles. The van der Waals surface area contributed by atoms with Crippen molar-refractivity contribution in [3.8, 4) is 0 Å². The number of thioether (sulfide) groups is 2. The lowest BCUT2D eigenvalue weighted by Gasteiger charge is -2.19. The highest BCUT2D eigenvalue weighted by Crippen LogP contribution is 2.33. The average Bonchev–Trinajstić information content (AvgIpc) is 3.20. The maximum absolute atomic E-state index is 12.7. The summed E-state index contributed by atoms with van der Waals surface area (Å²) < 4.78 is 1.40. The van der Waals surface area contributed by atoms with E-state index in [9.17, 15) is 14.4 Å². The van der Waals surface area contributed by atoms with Crippen molar-refractivity contribution in [3.05, 3.63) is 80.0 Å². The highest BCUT2D eigenvalue weighted by atomic mass is 79.9. The Balaban J connectivity index is 1.41. The highest BCUT2D eigenvalue weighted by molar-refractivity contribution is 9.10. The van der Waals surface area contributed by atoms with Gasteiger partial charge in [-0.2, -0.15) is 5.01 Å². The molecule has 3 amide bonds. The number of carbonyl (C=O) groups excluding carboxylic acids is 3. The maximum Gasteiger partial charge on any atom is 0.285 e. The number of halogens is 1. The third-order valence-electron chi connectivity index (χ3n) is 4.47. The first kappa shape index (κ1) is 23.8. The normalized spacial score (nSPS) is 18.7. The van der Waals surface area contributed by atoms with Crippen molar-refractivity contribution in [3.63, 3.8) is 0 Å². The number of nitrogens with zero attached hydrogens (tertiary/aromatic N) is 2. The summed E-state index contributed by atoms with van der Waals surface area (Å²) in [7, 11) is 0. The van der Waals surface area contributed by atoms with Crippen molar-refractivity contribution in [2.75, 3.05) is 6.54 Å². The van der Waals surface area contributed by atoms with E-state index >= 15 is 0 Å². The first-order valence-electron chi connectivity index (χ1n) is 9.45. The summed E-state index contributed by atoms with van der Waals surface area (Å²) in [4.78, 5) is 40.1. The van der Waals surface area contributed by atoms with Gasteiger partial charge < -0.3 is 0 Å². The lowest BCUT2D eigenvalue weighted by Crippen LogP contribution is -2.49. The van der Waals surface area contributed by atoms with Gasteiger partial charge in [-0.3, -0.25) is 24.7 Å². The molecule has 2 heterocycles. The SMILES string of the molecule is O=C(CN1C(=O)C(=Cc2ccccc2)SC1=S)NN1C(=O)C(=Cc2ccc(Br)cc2)SC1=S. The van der Waals surface area contributed by atoms with Crippen LogP contribution in [0.15, 0.2) is 68.9 Å². The van der Waals surface area contributed by atoms with Crippen molar-refractivity contribution < 1.29 is 14.4 Å². The predicted octanol–water partition coefficient (Wildman–Crippen LogP) is 4.58. The quantitative estimate of drug-likeness (QED) is 0.413. The van der Waals surface area contributed by atoms with E-state index in [0.717, 1.165) is 44.1 Å². The van der Waals surface area contributed by atoms with Crippen LogP contribution in [0.3, 0.4) is 0 Å². The Morgan fingerprint density at radius 3 is 2.12 bits per heavy atom. The van der Waals surface area contributed by atoms with Crippen molar-refractivity contribution in [2.24, 2.45) is 0 Å². The van der Waals surface area contributed by atoms with Crippen LogP contribution in [0.4, 0.5) is 0 Å². The van der Waals surface area contributed by atoms with Gasteiger partial charge in [0, 0.05) is 4.47 Å². The van der Waals surface area contributed by atoms with Crippen LogP contribution in [0.1, 0.15) is 11.1 Å². The van der Waals surface area contributed by atoms with E-state index in [4.69, 9.17) is 24.4 Å². The van der Waals surface area contributed by atoms with Crippen LogP contribution >= 0.6 is 63.9 Å². The first-order valence-corrected chi connectivity index (χ1v) is 12.7. The molecular weight excluding hydrogens is 562 g/mol. The van der Waals surface area contributed by atoms with E-state index in [2.05, 4.69) is 21.4 Å². The van der Waals surface area contributed by atoms with Gasteiger partial charge >= 0.3 is 0 Å². The van der Waals surface area contributed by atoms with Crippen LogP contribution in [0.2, 0.25) is 0 Å². The Labute approximate surface area is 217 Å². The summed E-state index contributed by atoms with van der Waals surface area (Å²) in [6, 6.07) is 16.8. The largest absolute Gasteiger partial charge is 0.285 e. The number of hydrogen-bond acceptors (Lipinski definition) is 7. The van der Waals surface area contributed by atoms with Crippen molar-refractivity contribution in [1.29, 1.82) is 0 Å². The summed E-state index contributed by atoms with van der Waals surface area (Å²) in [6.45, 7) is -0.320. The molecule has 0 aliphatic carbocycles. The summed E-state index contributed by atoms with van der Waals surface area (Å²) in [5.74, 6) is -1.37. The molecule has 2 aliphatic rings. The van der Waals surface area contributed by atoms with Crippen molar-refractivity contribution in [1.82, 2.24) is 15.3 Å². The molecule has 0 bridgehead atoms. The number of nitrogens with one attached hydrogen (secondary N) is 1. The molecule has 0 radical (unpaired) electrons. The summed E-state index contributed by atoms with van der Waals surface area (Å²) in [6.07, 6.45) is 3.43. The Kier molecular flexibility index (Phi) is 7.45. The molecule has 6 nitrogen and oxygen atoms in total. The molecule has 2 aromatic carbocycles. The van der Waals surface area contributed by atoms with Crippen LogP contribution in [0, 0.1) is 0 Å². The van der Waals surface area contributed by atoms with Crippen molar-refractivity contribution >= 4 is 102 Å². The predicted molar refractivity (Wildman–Crippen MR) is 144 cm³/mol. The molecule has 11 heteroatoms. The Bertz CT molecular complexity index is 1230. The van der Waals surface area contributed by atoms with Gasteiger partial charge in [-0.05, 0) is 47.6 Å². The zero-order chi connectivity index (χ0) is 23.5. The van der Waals surface area contributed by atoms with E-state index in [1.54, 1.807) is 12.2 Å². The van der Waals surface area contributed by atoms with E-state index in [1.807, 2.05) is 54.6 Å². The van der Waals surface area contributed by atoms with Gasteiger partial charge in [0.1, 0.15) is 10.9 Å². The molecule has 0 aromatic heterocycles. The number of rotatable bonds is 5. The summed E-state index contributed by atoms with van der Waals surface area (Å²) >= 11 is 16.1. The molecular formula is C22H14BrN3O3S4. The second-order valence-corrected chi connectivity index (χ2v) is 11.0. The minimum Gasteiger partial charge on any atom is -0.283 e. The number of hydrogen-bond donors (Lipinski definition) is 1. The fourth-order valence-corrected chi connectivity index (χ4v) is 5.61. The average molecular weight is 577 g/mol. The second-order valence-electron chi connectivity index (χ2n) is 6.78. The van der Waals surface area contributed by atoms with Crippen LogP contribution < -0.4 is 5.43 Å². The van der Waals surface area contributed by atoms with Crippen LogP contribution in [-0.4, -0.2) is 42.8 Å². The number of amides is 3. The summed E-state index contributed by atoms with van der Waals surface area (Å²) in [5, 5.41) is 1.02. The summed E-state index contributed by atoms with van der Waals surface area (Å²) in [5.41, 5.74) is 4.17. The third-order valence-corrected chi connectivity index (χ3v) is 7.68. The molecule has 4 rings (SSSR count). The highest BCUT2D eigenvalue weighted by Gasteiger charge is 2.36. The lowest BCUT2D eigenvalue weighted by molar-refractivity contribution is -0.135. The Hall–Kier alpha value is -2.31. The number of benzene rings is 2. The molecule has 2 aromatic rings. The van der Waals surface area contributed by atoms with Gasteiger partial charge in [0.2, 0.25) is 0 Å². The molecule has 33 heavy (non-hydrogen) atoms. The van der Waals surface area contributed by atoms with Crippen LogP contribution in [-0.2, 0) is 14.4 Å². The molecule has 166 valence electrons. The zero-order valence-electron chi connectivity index (χ0n) is 16.7. The zero-order valence-corrected chi connectivity index (χ0v) is 21.5. The van der Waals surface area contributed by atoms with Crippen LogP contribution in [0.25, 0.3) is 12.2 Å². The molecule has 2 saturated heterocycles. The van der Waals surface area contributed by atoms with Gasteiger partial charge in [-0.15, -0.1) is 0 Å². The minimum atomic E-state index is -0.576. The third kappa shape index (κ3) is 5.61. The van der Waals surface area contributed by atoms with Gasteiger partial charge in [-0.1, -0.05) is 94.1 Å². The number of hydrazine groups is 1. The Morgan fingerprint density at radius 2 is 1.45 bits per heavy atom. The molecule has 0 spiro atoms. The van der Waals surface area contributed by atoms with Crippen LogP contribution in [0.5, 0.6) is 0 Å². The fourth-order valence-electron chi connectivity index (χ4n) is 2.92. The maximum atomic E-state index is 12.7. The number of thiocarbonyl (C=S) groups is 2. The van der Waals surface area contributed by atoms with E-state index in [1.165, 1.54) is 4.90 Å². The van der Waals surface area contributed by atoms with E-state index < -0.39 is 11.8 Å².